The number of ether oxygens (including phenoxy) is 1. The zero-order chi connectivity index (χ0) is 19.9. The number of amides is 2. The van der Waals surface area contributed by atoms with Crippen molar-refractivity contribution in [3.05, 3.63) is 42.5 Å². The van der Waals surface area contributed by atoms with Gasteiger partial charge in [-0.1, -0.05) is 18.2 Å². The van der Waals surface area contributed by atoms with Crippen LogP contribution in [0, 0.1) is 0 Å². The molecule has 0 atom stereocenters. The molecule has 0 radical (unpaired) electrons. The van der Waals surface area contributed by atoms with E-state index in [0.717, 1.165) is 5.69 Å². The van der Waals surface area contributed by atoms with Crippen LogP contribution in [0.2, 0.25) is 0 Å². The summed E-state index contributed by atoms with van der Waals surface area (Å²) in [6.07, 6.45) is -0.670. The Morgan fingerprint density at radius 2 is 1.78 bits per heavy atom. The lowest BCUT2D eigenvalue weighted by atomic mass is 10.2. The predicted octanol–water partition coefficient (Wildman–Crippen LogP) is 2.57. The normalized spacial score (nSPS) is 10.6. The van der Waals surface area contributed by atoms with E-state index < -0.39 is 17.6 Å². The number of nitrogens with one attached hydrogen (secondary N) is 4. The van der Waals surface area contributed by atoms with E-state index >= 15 is 0 Å². The molecule has 0 saturated carbocycles. The van der Waals surface area contributed by atoms with E-state index in [1.165, 1.54) is 0 Å². The molecule has 0 bridgehead atoms. The van der Waals surface area contributed by atoms with Crippen LogP contribution in [0.25, 0.3) is 0 Å². The summed E-state index contributed by atoms with van der Waals surface area (Å²) in [5.74, 6) is 0.0287. The maximum absolute atomic E-state index is 11.9. The average Bonchev–Trinajstić information content (AvgIpc) is 2.59. The highest BCUT2D eigenvalue weighted by Gasteiger charge is 2.16. The Bertz CT molecular complexity index is 789. The summed E-state index contributed by atoms with van der Waals surface area (Å²) >= 11 is 0. The fourth-order valence-electron chi connectivity index (χ4n) is 1.96. The second kappa shape index (κ2) is 8.75. The second-order valence-electron chi connectivity index (χ2n) is 6.65. The first kappa shape index (κ1) is 19.8. The molecule has 0 spiro atoms. The topological polar surface area (TPSA) is 130 Å². The first-order valence-electron chi connectivity index (χ1n) is 8.33. The number of nitrogen functional groups attached to an aromatic ring is 1. The van der Waals surface area contributed by atoms with Crippen LogP contribution >= 0.6 is 0 Å². The van der Waals surface area contributed by atoms with Crippen molar-refractivity contribution in [3.8, 4) is 0 Å². The number of para-hydroxylation sites is 1. The molecule has 1 aromatic heterocycles. The van der Waals surface area contributed by atoms with E-state index in [9.17, 15) is 9.59 Å². The number of nitrogens with zero attached hydrogens (tertiary/aromatic N) is 1. The van der Waals surface area contributed by atoms with Crippen LogP contribution in [0.5, 0.6) is 0 Å². The largest absolute Gasteiger partial charge is 0.444 e. The van der Waals surface area contributed by atoms with Gasteiger partial charge in [-0.05, 0) is 45.0 Å². The number of anilines is 4. The van der Waals surface area contributed by atoms with Gasteiger partial charge in [0.25, 0.3) is 0 Å². The summed E-state index contributed by atoms with van der Waals surface area (Å²) in [7, 11) is 0. The van der Waals surface area contributed by atoms with Gasteiger partial charge >= 0.3 is 6.09 Å². The van der Waals surface area contributed by atoms with Crippen molar-refractivity contribution in [2.24, 2.45) is 0 Å². The van der Waals surface area contributed by atoms with Gasteiger partial charge in [0.05, 0.1) is 11.4 Å². The van der Waals surface area contributed by atoms with Gasteiger partial charge in [0, 0.05) is 0 Å². The van der Waals surface area contributed by atoms with Crippen LogP contribution in [0.3, 0.4) is 0 Å². The Labute approximate surface area is 157 Å². The number of hydrazine groups is 1. The summed E-state index contributed by atoms with van der Waals surface area (Å²) in [5, 5.41) is 4.92. The lowest BCUT2D eigenvalue weighted by Crippen LogP contribution is -2.37. The number of benzene rings is 1. The van der Waals surface area contributed by atoms with Crippen molar-refractivity contribution in [2.75, 3.05) is 28.4 Å². The fraction of sp³-hybridized carbons (Fsp3) is 0.278. The molecule has 0 fully saturated rings. The van der Waals surface area contributed by atoms with Crippen molar-refractivity contribution < 1.29 is 14.3 Å². The summed E-state index contributed by atoms with van der Waals surface area (Å²) in [6.45, 7) is 4.97. The molecule has 0 unspecified atom stereocenters. The molecule has 0 aliphatic heterocycles. The fourth-order valence-corrected chi connectivity index (χ4v) is 1.96. The smallest absolute Gasteiger partial charge is 0.408 e. The van der Waals surface area contributed by atoms with E-state index in [0.29, 0.717) is 5.69 Å². The van der Waals surface area contributed by atoms with Crippen LogP contribution in [0.15, 0.2) is 42.5 Å². The Morgan fingerprint density at radius 1 is 1.07 bits per heavy atom. The monoisotopic (exact) mass is 372 g/mol. The van der Waals surface area contributed by atoms with Gasteiger partial charge in [0.15, 0.2) is 5.82 Å². The van der Waals surface area contributed by atoms with Gasteiger partial charge in [0.2, 0.25) is 5.91 Å². The Morgan fingerprint density at radius 3 is 2.41 bits per heavy atom. The van der Waals surface area contributed by atoms with Crippen LogP contribution in [-0.2, 0) is 9.53 Å². The van der Waals surface area contributed by atoms with Gasteiger partial charge in [-0.3, -0.25) is 10.2 Å². The van der Waals surface area contributed by atoms with Crippen molar-refractivity contribution >= 4 is 35.0 Å². The quantitative estimate of drug-likeness (QED) is 0.493. The standard InChI is InChI=1S/C18H24N6O3/c1-18(2,3)27-17(26)20-11-15(25)21-14-10-9-13(16(19)22-14)24-23-12-7-5-4-6-8-12/h4-10,23-24H,11H2,1-3H3,(H,20,26)(H3,19,21,22,25). The van der Waals surface area contributed by atoms with Crippen LogP contribution < -0.4 is 27.2 Å². The first-order chi connectivity index (χ1) is 12.7. The number of rotatable bonds is 6. The zero-order valence-electron chi connectivity index (χ0n) is 15.5. The minimum absolute atomic E-state index is 0.205. The van der Waals surface area contributed by atoms with Gasteiger partial charge in [-0.15, -0.1) is 0 Å². The molecule has 0 aliphatic rings. The molecule has 2 amide bonds. The molecule has 0 saturated heterocycles. The minimum Gasteiger partial charge on any atom is -0.444 e. The predicted molar refractivity (Wildman–Crippen MR) is 105 cm³/mol. The van der Waals surface area contributed by atoms with E-state index in [-0.39, 0.29) is 18.2 Å². The third-order valence-corrected chi connectivity index (χ3v) is 3.10. The van der Waals surface area contributed by atoms with Crippen molar-refractivity contribution in [2.45, 2.75) is 26.4 Å². The highest BCUT2D eigenvalue weighted by Crippen LogP contribution is 2.19. The molecular weight excluding hydrogens is 348 g/mol. The van der Waals surface area contributed by atoms with Crippen LogP contribution in [0.1, 0.15) is 20.8 Å². The summed E-state index contributed by atoms with van der Waals surface area (Å²) in [4.78, 5) is 27.5. The summed E-state index contributed by atoms with van der Waals surface area (Å²) in [5.41, 5.74) is 12.6. The van der Waals surface area contributed by atoms with E-state index in [4.69, 9.17) is 10.5 Å². The van der Waals surface area contributed by atoms with Gasteiger partial charge in [0.1, 0.15) is 18.0 Å². The zero-order valence-corrected chi connectivity index (χ0v) is 15.5. The molecule has 6 N–H and O–H groups in total. The number of pyridine rings is 1. The van der Waals surface area contributed by atoms with Crippen LogP contribution in [-0.4, -0.2) is 29.1 Å². The Hall–Kier alpha value is -3.49. The highest BCUT2D eigenvalue weighted by atomic mass is 16.6. The van der Waals surface area contributed by atoms with E-state index in [1.807, 2.05) is 30.3 Å². The molecule has 2 rings (SSSR count). The van der Waals surface area contributed by atoms with Gasteiger partial charge in [-0.2, -0.15) is 0 Å². The minimum atomic E-state index is -0.670. The van der Waals surface area contributed by atoms with Crippen molar-refractivity contribution in [1.29, 1.82) is 0 Å². The van der Waals surface area contributed by atoms with Gasteiger partial charge < -0.3 is 26.5 Å². The number of aromatic nitrogens is 1. The molecule has 0 aliphatic carbocycles. The van der Waals surface area contributed by atoms with Crippen molar-refractivity contribution in [3.63, 3.8) is 0 Å². The lowest BCUT2D eigenvalue weighted by Gasteiger charge is -2.19. The maximum Gasteiger partial charge on any atom is 0.408 e. The number of carbonyl (C=O) groups is 2. The van der Waals surface area contributed by atoms with E-state index in [2.05, 4.69) is 26.5 Å². The molecule has 144 valence electrons. The van der Waals surface area contributed by atoms with Gasteiger partial charge in [-0.25, -0.2) is 9.78 Å². The molecular formula is C18H24N6O3. The highest BCUT2D eigenvalue weighted by molar-refractivity contribution is 5.93. The third kappa shape index (κ3) is 7.10. The number of carbonyl (C=O) groups excluding carboxylic acids is 2. The number of hydrogen-bond acceptors (Lipinski definition) is 7. The number of hydrogen-bond donors (Lipinski definition) is 5. The molecule has 9 nitrogen and oxygen atoms in total. The summed E-state index contributed by atoms with van der Waals surface area (Å²) < 4.78 is 5.06. The van der Waals surface area contributed by atoms with Crippen molar-refractivity contribution in [1.82, 2.24) is 10.3 Å². The number of nitrogens with two attached hydrogens (primary N) is 1. The summed E-state index contributed by atoms with van der Waals surface area (Å²) in [6, 6.07) is 12.8. The molecule has 1 heterocycles. The SMILES string of the molecule is CC(C)(C)OC(=O)NCC(=O)Nc1ccc(NNc2ccccc2)c(N)n1. The molecule has 9 heteroatoms. The first-order valence-corrected chi connectivity index (χ1v) is 8.33. The third-order valence-electron chi connectivity index (χ3n) is 3.10. The average molecular weight is 372 g/mol. The molecule has 1 aromatic carbocycles. The lowest BCUT2D eigenvalue weighted by molar-refractivity contribution is -0.115. The Kier molecular flexibility index (Phi) is 6.42. The molecule has 2 aromatic rings. The maximum atomic E-state index is 11.9. The number of alkyl carbamates (subject to hydrolysis) is 1. The van der Waals surface area contributed by atoms with Crippen LogP contribution in [0.4, 0.5) is 27.8 Å². The molecule has 27 heavy (non-hydrogen) atoms. The van der Waals surface area contributed by atoms with E-state index in [1.54, 1.807) is 32.9 Å². The second-order valence-corrected chi connectivity index (χ2v) is 6.65. The Balaban J connectivity index is 1.84.